The lowest BCUT2D eigenvalue weighted by atomic mass is 9.71. The summed E-state index contributed by atoms with van der Waals surface area (Å²) in [6.45, 7) is 7.99. The molecule has 188 valence electrons. The van der Waals surface area contributed by atoms with Crippen LogP contribution in [0.1, 0.15) is 35.6 Å². The van der Waals surface area contributed by atoms with Crippen LogP contribution in [0.15, 0.2) is 104 Å². The number of hydrogen-bond acceptors (Lipinski definition) is 3. The Morgan fingerprint density at radius 3 is 2.51 bits per heavy atom. The van der Waals surface area contributed by atoms with Gasteiger partial charge in [-0.1, -0.05) is 66.7 Å². The van der Waals surface area contributed by atoms with E-state index in [2.05, 4.69) is 78.3 Å². The zero-order chi connectivity index (χ0) is 25.2. The first-order valence-electron chi connectivity index (χ1n) is 13.4. The van der Waals surface area contributed by atoms with Crippen molar-refractivity contribution >= 4 is 10.9 Å². The topological polar surface area (TPSA) is 42.4 Å². The van der Waals surface area contributed by atoms with E-state index in [9.17, 15) is 5.11 Å². The fourth-order valence-corrected chi connectivity index (χ4v) is 6.88. The average Bonchev–Trinajstić information content (AvgIpc) is 2.94. The molecule has 0 saturated carbocycles. The molecule has 3 aliphatic rings. The van der Waals surface area contributed by atoms with Gasteiger partial charge in [0, 0.05) is 35.9 Å². The molecule has 37 heavy (non-hydrogen) atoms. The van der Waals surface area contributed by atoms with Gasteiger partial charge in [0.05, 0.1) is 25.2 Å². The smallest absolute Gasteiger partial charge is 0.135 e. The van der Waals surface area contributed by atoms with E-state index in [1.54, 1.807) is 6.07 Å². The lowest BCUT2D eigenvalue weighted by molar-refractivity contribution is -0.985. The molecule has 0 radical (unpaired) electrons. The molecule has 0 spiro atoms. The van der Waals surface area contributed by atoms with Crippen LogP contribution in [0, 0.1) is 11.8 Å². The van der Waals surface area contributed by atoms with Gasteiger partial charge in [0.25, 0.3) is 0 Å². The quantitative estimate of drug-likeness (QED) is 0.217. The van der Waals surface area contributed by atoms with Crippen LogP contribution in [-0.2, 0) is 17.9 Å². The summed E-state index contributed by atoms with van der Waals surface area (Å²) in [7, 11) is 0. The van der Waals surface area contributed by atoms with Gasteiger partial charge < -0.3 is 14.3 Å². The van der Waals surface area contributed by atoms with Crippen molar-refractivity contribution in [3.63, 3.8) is 0 Å². The number of pyridine rings is 1. The number of fused-ring (bicyclic) bond motifs is 4. The second-order valence-corrected chi connectivity index (χ2v) is 10.8. The Labute approximate surface area is 219 Å². The Morgan fingerprint density at radius 2 is 1.76 bits per heavy atom. The van der Waals surface area contributed by atoms with Gasteiger partial charge in [0.2, 0.25) is 0 Å². The summed E-state index contributed by atoms with van der Waals surface area (Å²) >= 11 is 0. The number of phenols is 1. The van der Waals surface area contributed by atoms with Gasteiger partial charge in [-0.15, -0.1) is 6.58 Å². The number of aromatic nitrogens is 1. The van der Waals surface area contributed by atoms with Gasteiger partial charge in [0.15, 0.2) is 0 Å². The third kappa shape index (κ3) is 4.68. The molecule has 7 rings (SSSR count). The maximum absolute atomic E-state index is 10.4. The zero-order valence-electron chi connectivity index (χ0n) is 21.2. The molecule has 0 aliphatic carbocycles. The van der Waals surface area contributed by atoms with E-state index in [-0.39, 0.29) is 11.9 Å². The molecule has 3 aromatic carbocycles. The van der Waals surface area contributed by atoms with Crippen LogP contribution in [-0.4, -0.2) is 33.7 Å². The van der Waals surface area contributed by atoms with Crippen LogP contribution in [0.25, 0.3) is 10.9 Å². The third-order valence-corrected chi connectivity index (χ3v) is 8.70. The maximum Gasteiger partial charge on any atom is 0.135 e. The molecule has 1 aromatic heterocycles. The Bertz CT molecular complexity index is 1370. The summed E-state index contributed by atoms with van der Waals surface area (Å²) < 4.78 is 7.93. The molecule has 3 saturated heterocycles. The number of aromatic hydroxyl groups is 1. The molecule has 4 heterocycles. The Kier molecular flexibility index (Phi) is 6.54. The molecule has 2 bridgehead atoms. The van der Waals surface area contributed by atoms with Crippen molar-refractivity contribution < 1.29 is 14.3 Å². The number of nitrogens with zero attached hydrogens (tertiary/aromatic N) is 2. The van der Waals surface area contributed by atoms with Crippen LogP contribution in [0.4, 0.5) is 0 Å². The minimum Gasteiger partial charge on any atom is -0.508 e. The first-order valence-corrected chi connectivity index (χ1v) is 13.4. The van der Waals surface area contributed by atoms with Crippen LogP contribution in [0.5, 0.6) is 5.75 Å². The van der Waals surface area contributed by atoms with Gasteiger partial charge in [-0.05, 0) is 41.3 Å². The normalized spacial score (nSPS) is 25.7. The zero-order valence-corrected chi connectivity index (χ0v) is 21.2. The molecular formula is C33H35N2O2+. The summed E-state index contributed by atoms with van der Waals surface area (Å²) in [5, 5.41) is 11.4. The van der Waals surface area contributed by atoms with Crippen molar-refractivity contribution in [2.75, 3.05) is 13.1 Å². The minimum absolute atomic E-state index is 0.121. The number of hydrogen-bond donors (Lipinski definition) is 1. The Morgan fingerprint density at radius 1 is 1.00 bits per heavy atom. The van der Waals surface area contributed by atoms with E-state index in [1.165, 1.54) is 17.5 Å². The number of benzene rings is 3. The van der Waals surface area contributed by atoms with Gasteiger partial charge in [-0.25, -0.2) is 0 Å². The van der Waals surface area contributed by atoms with Crippen molar-refractivity contribution in [2.24, 2.45) is 11.8 Å². The molecule has 4 nitrogen and oxygen atoms in total. The lowest BCUT2D eigenvalue weighted by Gasteiger charge is -2.58. The minimum atomic E-state index is -0.121. The number of quaternary nitrogens is 1. The first-order chi connectivity index (χ1) is 18.1. The van der Waals surface area contributed by atoms with E-state index in [0.717, 1.165) is 47.0 Å². The lowest BCUT2D eigenvalue weighted by Crippen LogP contribution is -2.67. The molecule has 0 amide bonds. The van der Waals surface area contributed by atoms with Crippen molar-refractivity contribution in [1.29, 1.82) is 0 Å². The summed E-state index contributed by atoms with van der Waals surface area (Å²) in [6, 6.07) is 29.2. The Hall–Kier alpha value is -3.47. The predicted molar refractivity (Wildman–Crippen MR) is 148 cm³/mol. The van der Waals surface area contributed by atoms with Crippen LogP contribution in [0.2, 0.25) is 0 Å². The highest BCUT2D eigenvalue weighted by Gasteiger charge is 2.54. The summed E-state index contributed by atoms with van der Waals surface area (Å²) in [4.78, 5) is 4.60. The van der Waals surface area contributed by atoms with Gasteiger partial charge in [0.1, 0.15) is 24.4 Å². The SMILES string of the molecule is C=C[C@H]1C[N@+]2(Cc3ccccc3)CC[C@H]1C[C@@H]2[C@@H](OCc1ccccc1)c1ccnc2ccc(O)cc12. The van der Waals surface area contributed by atoms with E-state index in [0.29, 0.717) is 24.5 Å². The van der Waals surface area contributed by atoms with E-state index >= 15 is 0 Å². The van der Waals surface area contributed by atoms with E-state index in [1.807, 2.05) is 24.4 Å². The molecule has 3 aliphatic heterocycles. The monoisotopic (exact) mass is 491 g/mol. The highest BCUT2D eigenvalue weighted by Crippen LogP contribution is 2.49. The van der Waals surface area contributed by atoms with Crippen molar-refractivity contribution in [1.82, 2.24) is 4.98 Å². The van der Waals surface area contributed by atoms with Crippen molar-refractivity contribution in [3.05, 3.63) is 120 Å². The van der Waals surface area contributed by atoms with Gasteiger partial charge in [-0.2, -0.15) is 0 Å². The molecule has 0 unspecified atom stereocenters. The Balaban J connectivity index is 1.45. The van der Waals surface area contributed by atoms with Gasteiger partial charge in [-0.3, -0.25) is 4.98 Å². The van der Waals surface area contributed by atoms with Crippen LogP contribution >= 0.6 is 0 Å². The fourth-order valence-electron chi connectivity index (χ4n) is 6.88. The number of rotatable bonds is 8. The number of phenolic OH excluding ortho intramolecular Hbond substituents is 1. The van der Waals surface area contributed by atoms with Crippen molar-refractivity contribution in [2.45, 2.75) is 38.1 Å². The molecular weight excluding hydrogens is 456 g/mol. The highest BCUT2D eigenvalue weighted by atomic mass is 16.5. The number of piperidine rings is 3. The predicted octanol–water partition coefficient (Wildman–Crippen LogP) is 6.81. The maximum atomic E-state index is 10.4. The van der Waals surface area contributed by atoms with Crippen molar-refractivity contribution in [3.8, 4) is 5.75 Å². The number of ether oxygens (including phenoxy) is 1. The van der Waals surface area contributed by atoms with Gasteiger partial charge >= 0.3 is 0 Å². The van der Waals surface area contributed by atoms with Crippen LogP contribution in [0.3, 0.4) is 0 Å². The summed E-state index contributed by atoms with van der Waals surface area (Å²) in [5.74, 6) is 1.42. The molecule has 5 atom stereocenters. The highest BCUT2D eigenvalue weighted by molar-refractivity contribution is 5.83. The fraction of sp³-hybridized carbons (Fsp3) is 0.303. The van der Waals surface area contributed by atoms with E-state index < -0.39 is 0 Å². The first kappa shape index (κ1) is 23.9. The average molecular weight is 492 g/mol. The molecule has 3 fully saturated rings. The summed E-state index contributed by atoms with van der Waals surface area (Å²) in [6.07, 6.45) is 6.29. The third-order valence-electron chi connectivity index (χ3n) is 8.70. The molecule has 1 N–H and O–H groups in total. The second-order valence-electron chi connectivity index (χ2n) is 10.8. The van der Waals surface area contributed by atoms with E-state index in [4.69, 9.17) is 4.74 Å². The van der Waals surface area contributed by atoms with Crippen LogP contribution < -0.4 is 0 Å². The largest absolute Gasteiger partial charge is 0.508 e. The summed E-state index contributed by atoms with van der Waals surface area (Å²) in [5.41, 5.74) is 4.55. The molecule has 4 aromatic rings. The standard InChI is InChI=1S/C33H34N2O2/c1-2-26-22-35(21-24-9-5-3-6-10-24)18-16-27(26)19-32(35)33(37-23-25-11-7-4-8-12-25)29-15-17-34-31-14-13-28(36)20-30(29)31/h2-15,17,20,26-27,32-33H,1,16,18-19,21-23H2/p+1/t26-,27-,32+,33-,35+/m0/s1. The molecule has 4 heteroatoms. The second kappa shape index (κ2) is 10.1.